The number of rotatable bonds is 9. The first-order valence-electron chi connectivity index (χ1n) is 24.1. The molecule has 1 aromatic heterocycles. The van der Waals surface area contributed by atoms with E-state index >= 15 is 0 Å². The summed E-state index contributed by atoms with van der Waals surface area (Å²) in [5.74, 6) is 0. The van der Waals surface area contributed by atoms with Gasteiger partial charge in [0.2, 0.25) is 0 Å². The van der Waals surface area contributed by atoms with Crippen molar-refractivity contribution in [3.63, 3.8) is 0 Å². The van der Waals surface area contributed by atoms with Gasteiger partial charge in [-0.15, -0.1) is 0 Å². The number of benzene rings is 10. The molecule has 0 saturated heterocycles. The molecule has 13 rings (SSSR count). The van der Waals surface area contributed by atoms with Crippen LogP contribution in [0.3, 0.4) is 0 Å². The van der Waals surface area contributed by atoms with Crippen molar-refractivity contribution in [2.45, 2.75) is 18.3 Å². The minimum atomic E-state index is -0.458. The average molecular weight is 881 g/mol. The Labute approximate surface area is 404 Å². The minimum absolute atomic E-state index is 0.458. The number of fused-ring (bicyclic) bond motifs is 6. The lowest BCUT2D eigenvalue weighted by atomic mass is 9.66. The summed E-state index contributed by atoms with van der Waals surface area (Å²) < 4.78 is 2.40. The van der Waals surface area contributed by atoms with Crippen LogP contribution in [-0.2, 0) is 5.41 Å². The van der Waals surface area contributed by atoms with Gasteiger partial charge in [-0.3, -0.25) is 0 Å². The fourth-order valence-corrected chi connectivity index (χ4v) is 11.3. The smallest absolute Gasteiger partial charge is 0.0711 e. The maximum Gasteiger partial charge on any atom is 0.0711 e. The summed E-state index contributed by atoms with van der Waals surface area (Å²) in [6.45, 7) is 0. The molecule has 0 bridgehead atoms. The highest BCUT2D eigenvalue weighted by Gasteiger charge is 2.47. The van der Waals surface area contributed by atoms with E-state index < -0.39 is 5.41 Å². The summed E-state index contributed by atoms with van der Waals surface area (Å²) in [5, 5.41) is 2.48. The van der Waals surface area contributed by atoms with Crippen molar-refractivity contribution in [3.8, 4) is 50.2 Å². The van der Waals surface area contributed by atoms with Crippen LogP contribution in [-0.4, -0.2) is 4.57 Å². The van der Waals surface area contributed by atoms with Gasteiger partial charge in [0, 0.05) is 33.5 Å². The Balaban J connectivity index is 0.928. The first-order valence-corrected chi connectivity index (χ1v) is 24.1. The molecule has 10 aromatic carbocycles. The molecule has 11 aromatic rings. The molecule has 0 aliphatic heterocycles. The molecule has 69 heavy (non-hydrogen) atoms. The Bertz CT molecular complexity index is 3730. The summed E-state index contributed by atoms with van der Waals surface area (Å²) >= 11 is 0. The predicted octanol–water partition coefficient (Wildman–Crippen LogP) is 17.8. The third-order valence-electron chi connectivity index (χ3n) is 14.5. The molecule has 0 amide bonds. The summed E-state index contributed by atoms with van der Waals surface area (Å²) in [5.41, 5.74) is 21.5. The molecule has 1 unspecified atom stereocenters. The van der Waals surface area contributed by atoms with E-state index in [1.165, 1.54) is 88.6 Å². The molecule has 1 atom stereocenters. The quantitative estimate of drug-likeness (QED) is 0.140. The van der Waals surface area contributed by atoms with Crippen LogP contribution in [0.2, 0.25) is 0 Å². The molecule has 326 valence electrons. The SMILES string of the molecule is C1=CC(C2(c3ccccc3)c3ccccc3-c3ccc(N(c4ccc(-c5ccccc5)cc4)c4ccc(-c5ccc6c(c5)c5ccccc5n6-c5ccc(-c6ccccc6)cc5)cc4)cc32)=CCC1. The van der Waals surface area contributed by atoms with Gasteiger partial charge in [0.15, 0.2) is 0 Å². The van der Waals surface area contributed by atoms with Gasteiger partial charge in [-0.1, -0.05) is 200 Å². The molecule has 0 N–H and O–H groups in total. The lowest BCUT2D eigenvalue weighted by molar-refractivity contribution is 0.751. The third kappa shape index (κ3) is 6.79. The minimum Gasteiger partial charge on any atom is -0.310 e. The number of anilines is 3. The Morgan fingerprint density at radius 1 is 0.362 bits per heavy atom. The Morgan fingerprint density at radius 2 is 0.884 bits per heavy atom. The number of hydrogen-bond acceptors (Lipinski definition) is 1. The summed E-state index contributed by atoms with van der Waals surface area (Å²) in [7, 11) is 0. The van der Waals surface area contributed by atoms with E-state index in [2.05, 4.69) is 276 Å². The van der Waals surface area contributed by atoms with Crippen molar-refractivity contribution in [2.24, 2.45) is 0 Å². The lowest BCUT2D eigenvalue weighted by Gasteiger charge is -2.36. The molecule has 1 heterocycles. The average Bonchev–Trinajstić information content (AvgIpc) is 3.92. The normalized spacial score (nSPS) is 14.9. The monoisotopic (exact) mass is 880 g/mol. The maximum atomic E-state index is 2.48. The molecule has 2 heteroatoms. The molecule has 2 nitrogen and oxygen atoms in total. The van der Waals surface area contributed by atoms with Crippen LogP contribution < -0.4 is 4.90 Å². The standard InChI is InChI=1S/C67H48N2/c1-5-17-47(18-6-1)49-29-36-55(37-30-49)68(58-42-43-60-59-25-13-15-27-63(59)67(64(60)46-58,53-21-9-3-10-22-53)54-23-11-4-12-24-54)56-38-33-51(34-39-56)52-35-44-66-62(45-52)61-26-14-16-28-65(61)69(66)57-40-31-50(32-41-57)48-19-7-2-8-20-48/h1-3,5-11,13-46H,4,12H2. The first kappa shape index (κ1) is 40.5. The van der Waals surface area contributed by atoms with Gasteiger partial charge in [-0.05, 0) is 146 Å². The second-order valence-corrected chi connectivity index (χ2v) is 18.3. The molecule has 2 aliphatic carbocycles. The molecule has 2 aliphatic rings. The number of aromatic nitrogens is 1. The highest BCUT2D eigenvalue weighted by molar-refractivity contribution is 6.10. The van der Waals surface area contributed by atoms with E-state index in [1.807, 2.05) is 0 Å². The number of hydrogen-bond donors (Lipinski definition) is 0. The van der Waals surface area contributed by atoms with Gasteiger partial charge in [-0.2, -0.15) is 0 Å². The van der Waals surface area contributed by atoms with E-state index in [9.17, 15) is 0 Å². The fraction of sp³-hybridized carbons (Fsp3) is 0.0448. The van der Waals surface area contributed by atoms with Crippen LogP contribution in [0.25, 0.3) is 72.0 Å². The van der Waals surface area contributed by atoms with Gasteiger partial charge < -0.3 is 9.47 Å². The van der Waals surface area contributed by atoms with Crippen molar-refractivity contribution in [3.05, 3.63) is 289 Å². The molecular weight excluding hydrogens is 833 g/mol. The van der Waals surface area contributed by atoms with Crippen molar-refractivity contribution in [1.82, 2.24) is 4.57 Å². The van der Waals surface area contributed by atoms with E-state index in [4.69, 9.17) is 0 Å². The fourth-order valence-electron chi connectivity index (χ4n) is 11.3. The molecule has 0 radical (unpaired) electrons. The van der Waals surface area contributed by atoms with Crippen molar-refractivity contribution < 1.29 is 0 Å². The number of allylic oxidation sites excluding steroid dienone is 4. The second-order valence-electron chi connectivity index (χ2n) is 18.3. The van der Waals surface area contributed by atoms with Gasteiger partial charge in [0.25, 0.3) is 0 Å². The van der Waals surface area contributed by atoms with E-state index in [0.717, 1.165) is 35.6 Å². The zero-order chi connectivity index (χ0) is 45.7. The predicted molar refractivity (Wildman–Crippen MR) is 290 cm³/mol. The zero-order valence-electron chi connectivity index (χ0n) is 38.2. The number of nitrogens with zero attached hydrogens (tertiary/aromatic N) is 2. The zero-order valence-corrected chi connectivity index (χ0v) is 38.2. The van der Waals surface area contributed by atoms with Gasteiger partial charge in [0.1, 0.15) is 0 Å². The van der Waals surface area contributed by atoms with Crippen LogP contribution in [0.4, 0.5) is 17.1 Å². The van der Waals surface area contributed by atoms with Gasteiger partial charge >= 0.3 is 0 Å². The van der Waals surface area contributed by atoms with E-state index in [0.29, 0.717) is 0 Å². The van der Waals surface area contributed by atoms with Crippen LogP contribution in [0.5, 0.6) is 0 Å². The molecule has 0 spiro atoms. The maximum absolute atomic E-state index is 2.48. The van der Waals surface area contributed by atoms with Gasteiger partial charge in [0.05, 0.1) is 16.4 Å². The van der Waals surface area contributed by atoms with Crippen LogP contribution in [0.15, 0.2) is 273 Å². The van der Waals surface area contributed by atoms with Crippen LogP contribution in [0.1, 0.15) is 29.5 Å². The van der Waals surface area contributed by atoms with Crippen molar-refractivity contribution in [1.29, 1.82) is 0 Å². The van der Waals surface area contributed by atoms with Crippen LogP contribution >= 0.6 is 0 Å². The van der Waals surface area contributed by atoms with Crippen molar-refractivity contribution in [2.75, 3.05) is 4.90 Å². The van der Waals surface area contributed by atoms with Crippen LogP contribution in [0, 0.1) is 0 Å². The molecule has 0 saturated carbocycles. The first-order chi connectivity index (χ1) is 34.2. The second kappa shape index (κ2) is 16.9. The Kier molecular flexibility index (Phi) is 9.91. The lowest BCUT2D eigenvalue weighted by Crippen LogP contribution is -2.29. The highest BCUT2D eigenvalue weighted by atomic mass is 15.1. The topological polar surface area (TPSA) is 8.17 Å². The largest absolute Gasteiger partial charge is 0.310 e. The molecule has 0 fully saturated rings. The summed E-state index contributed by atoms with van der Waals surface area (Å²) in [4.78, 5) is 2.43. The highest BCUT2D eigenvalue weighted by Crippen LogP contribution is 2.58. The van der Waals surface area contributed by atoms with E-state index in [1.54, 1.807) is 0 Å². The summed E-state index contributed by atoms with van der Waals surface area (Å²) in [6.07, 6.45) is 9.30. The van der Waals surface area contributed by atoms with Gasteiger partial charge in [-0.25, -0.2) is 0 Å². The summed E-state index contributed by atoms with van der Waals surface area (Å²) in [6, 6.07) is 91.5. The third-order valence-corrected chi connectivity index (χ3v) is 14.5. The Hall–Kier alpha value is -8.72. The van der Waals surface area contributed by atoms with Crippen molar-refractivity contribution >= 4 is 38.9 Å². The van der Waals surface area contributed by atoms with E-state index in [-0.39, 0.29) is 0 Å². The Morgan fingerprint density at radius 3 is 1.55 bits per heavy atom. The number of para-hydroxylation sites is 1. The molecular formula is C67H48N2.